The Hall–Kier alpha value is -8.35. The van der Waals surface area contributed by atoms with Crippen LogP contribution in [0.15, 0.2) is 206 Å². The van der Waals surface area contributed by atoms with Crippen LogP contribution in [-0.2, 0) is 0 Å². The normalized spacial score (nSPS) is 12.3. The summed E-state index contributed by atoms with van der Waals surface area (Å²) in [6.45, 7) is 0. The van der Waals surface area contributed by atoms with Gasteiger partial charge in [0.05, 0.1) is 61.0 Å². The van der Waals surface area contributed by atoms with Gasteiger partial charge in [0.1, 0.15) is 5.52 Å². The molecule has 61 heavy (non-hydrogen) atoms. The van der Waals surface area contributed by atoms with Gasteiger partial charge in [0.15, 0.2) is 0 Å². The van der Waals surface area contributed by atoms with Crippen molar-refractivity contribution in [2.45, 2.75) is 0 Å². The Kier molecular flexibility index (Phi) is 6.46. The molecule has 0 amide bonds. The van der Waals surface area contributed by atoms with E-state index in [0.717, 1.165) is 72.7 Å². The van der Waals surface area contributed by atoms with Gasteiger partial charge in [-0.3, -0.25) is 8.97 Å². The Morgan fingerprint density at radius 3 is 1.43 bits per heavy atom. The zero-order valence-electron chi connectivity index (χ0n) is 32.8. The first-order valence-corrected chi connectivity index (χ1v) is 20.8. The van der Waals surface area contributed by atoms with Crippen LogP contribution in [0, 0.1) is 0 Å². The third kappa shape index (κ3) is 4.32. The maximum atomic E-state index is 5.60. The van der Waals surface area contributed by atoms with Crippen molar-refractivity contribution in [2.75, 3.05) is 0 Å². The molecular weight excluding hydrogens is 745 g/mol. The minimum atomic E-state index is 0.890. The molecule has 0 radical (unpaired) electrons. The summed E-state index contributed by atoms with van der Waals surface area (Å²) in [5, 5.41) is 7.31. The fraction of sp³-hybridized carbons (Fsp3) is 0. The Balaban J connectivity index is 1.07. The molecule has 5 aromatic heterocycles. The van der Waals surface area contributed by atoms with Crippen molar-refractivity contribution in [3.8, 4) is 22.7 Å². The number of hydrogen-bond donors (Lipinski definition) is 0. The highest BCUT2D eigenvalue weighted by Gasteiger charge is 2.24. The van der Waals surface area contributed by atoms with Gasteiger partial charge in [-0.2, -0.15) is 0 Å². The van der Waals surface area contributed by atoms with Crippen LogP contribution in [0.25, 0.3) is 116 Å². The lowest BCUT2D eigenvalue weighted by atomic mass is 10.1. The minimum Gasteiger partial charge on any atom is -0.309 e. The Bertz CT molecular complexity index is 4060. The molecule has 0 spiro atoms. The van der Waals surface area contributed by atoms with Gasteiger partial charge < -0.3 is 13.7 Å². The molecule has 0 unspecified atom stereocenters. The van der Waals surface area contributed by atoms with Crippen molar-refractivity contribution in [3.05, 3.63) is 206 Å². The second-order valence-corrected chi connectivity index (χ2v) is 16.0. The molecule has 0 fully saturated rings. The van der Waals surface area contributed by atoms with Crippen LogP contribution in [0.1, 0.15) is 0 Å². The first-order valence-electron chi connectivity index (χ1n) is 20.8. The number of para-hydroxylation sites is 9. The molecular formula is C55H34N6. The van der Waals surface area contributed by atoms with Crippen LogP contribution in [0.5, 0.6) is 0 Å². The quantitative estimate of drug-likeness (QED) is 0.175. The second kappa shape index (κ2) is 12.1. The van der Waals surface area contributed by atoms with Crippen molar-refractivity contribution in [1.29, 1.82) is 0 Å². The van der Waals surface area contributed by atoms with E-state index in [0.29, 0.717) is 0 Å². The Morgan fingerprint density at radius 1 is 0.279 bits per heavy atom. The van der Waals surface area contributed by atoms with Gasteiger partial charge in [-0.1, -0.05) is 115 Å². The first-order chi connectivity index (χ1) is 30.3. The van der Waals surface area contributed by atoms with Crippen molar-refractivity contribution < 1.29 is 0 Å². The predicted molar refractivity (Wildman–Crippen MR) is 253 cm³/mol. The van der Waals surface area contributed by atoms with Gasteiger partial charge in [-0.25, -0.2) is 4.98 Å². The Morgan fingerprint density at radius 2 is 0.754 bits per heavy atom. The van der Waals surface area contributed by atoms with Crippen LogP contribution in [0.2, 0.25) is 0 Å². The molecule has 6 nitrogen and oxygen atoms in total. The highest BCUT2D eigenvalue weighted by molar-refractivity contribution is 6.19. The molecule has 0 saturated carbocycles. The molecule has 0 N–H and O–H groups in total. The van der Waals surface area contributed by atoms with Gasteiger partial charge in [-0.15, -0.1) is 0 Å². The standard InChI is InChI=1S/C55H34N6/c1-2-16-35(17-3-1)58-48-26-12-15-29-51(48)61-52-33-31-41-39-20-6-11-25-46(39)60(54(41)53(52)56-55(58)61)50-28-14-13-27-49(50)59-45-24-10-7-21-40(45)42-34-36(30-32-47(42)59)57-43-22-8-4-18-37(43)38-19-5-9-23-44(38)57/h1-34H. The molecule has 6 heteroatoms. The highest BCUT2D eigenvalue weighted by Crippen LogP contribution is 2.42. The van der Waals surface area contributed by atoms with E-state index in [4.69, 9.17) is 4.98 Å². The summed E-state index contributed by atoms with van der Waals surface area (Å²) in [6.07, 6.45) is 0. The molecule has 0 bridgehead atoms. The highest BCUT2D eigenvalue weighted by atomic mass is 15.2. The first kappa shape index (κ1) is 32.6. The van der Waals surface area contributed by atoms with E-state index in [-0.39, 0.29) is 0 Å². The van der Waals surface area contributed by atoms with Crippen LogP contribution >= 0.6 is 0 Å². The lowest BCUT2D eigenvalue weighted by molar-refractivity contribution is 1.09. The Labute approximate surface area is 348 Å². The van der Waals surface area contributed by atoms with Crippen LogP contribution in [0.3, 0.4) is 0 Å². The number of imidazole rings is 2. The van der Waals surface area contributed by atoms with Crippen molar-refractivity contribution in [1.82, 2.24) is 27.7 Å². The fourth-order valence-corrected chi connectivity index (χ4v) is 10.4. The number of hydrogen-bond acceptors (Lipinski definition) is 1. The summed E-state index contributed by atoms with van der Waals surface area (Å²) in [5.41, 5.74) is 15.6. The molecule has 284 valence electrons. The number of benzene rings is 9. The predicted octanol–water partition coefficient (Wildman–Crippen LogP) is 13.7. The molecule has 0 aliphatic rings. The second-order valence-electron chi connectivity index (χ2n) is 16.0. The third-order valence-electron chi connectivity index (χ3n) is 12.9. The zero-order valence-corrected chi connectivity index (χ0v) is 32.8. The zero-order chi connectivity index (χ0) is 39.8. The van der Waals surface area contributed by atoms with Gasteiger partial charge >= 0.3 is 0 Å². The van der Waals surface area contributed by atoms with Gasteiger partial charge in [0.2, 0.25) is 5.78 Å². The maximum Gasteiger partial charge on any atom is 0.220 e. The molecule has 14 aromatic rings. The van der Waals surface area contributed by atoms with Gasteiger partial charge in [0, 0.05) is 43.7 Å². The SMILES string of the molecule is c1ccc(-n2c3ccccc3n3c4ccc5c6ccccc6n(-c6ccccc6-n6c7ccccc7c7cc(-n8c9ccccc9c9ccccc98)ccc76)c5c4nc23)cc1. The van der Waals surface area contributed by atoms with Crippen molar-refractivity contribution in [3.63, 3.8) is 0 Å². The lowest BCUT2D eigenvalue weighted by Gasteiger charge is -2.17. The minimum absolute atomic E-state index is 0.890. The third-order valence-corrected chi connectivity index (χ3v) is 12.9. The molecule has 0 atom stereocenters. The van der Waals surface area contributed by atoms with Gasteiger partial charge in [-0.05, 0) is 91.0 Å². The summed E-state index contributed by atoms with van der Waals surface area (Å²) in [5.74, 6) is 0.890. The lowest BCUT2D eigenvalue weighted by Crippen LogP contribution is -2.03. The topological polar surface area (TPSA) is 37.0 Å². The molecule has 9 aromatic carbocycles. The van der Waals surface area contributed by atoms with Gasteiger partial charge in [0.25, 0.3) is 0 Å². The average Bonchev–Trinajstić information content (AvgIpc) is 4.11. The summed E-state index contributed by atoms with van der Waals surface area (Å²) in [4.78, 5) is 5.60. The van der Waals surface area contributed by atoms with E-state index >= 15 is 0 Å². The van der Waals surface area contributed by atoms with E-state index in [1.807, 2.05) is 0 Å². The number of aromatic nitrogens is 6. The monoisotopic (exact) mass is 778 g/mol. The van der Waals surface area contributed by atoms with E-state index in [9.17, 15) is 0 Å². The molecule has 5 heterocycles. The van der Waals surface area contributed by atoms with Crippen molar-refractivity contribution in [2.24, 2.45) is 0 Å². The van der Waals surface area contributed by atoms with E-state index in [2.05, 4.69) is 229 Å². The van der Waals surface area contributed by atoms with Crippen LogP contribution < -0.4 is 0 Å². The summed E-state index contributed by atoms with van der Waals surface area (Å²) < 4.78 is 11.9. The summed E-state index contributed by atoms with van der Waals surface area (Å²) in [7, 11) is 0. The smallest absolute Gasteiger partial charge is 0.220 e. The largest absolute Gasteiger partial charge is 0.309 e. The number of nitrogens with zero attached hydrogens (tertiary/aromatic N) is 6. The maximum absolute atomic E-state index is 5.60. The molecule has 0 aliphatic heterocycles. The molecule has 0 aliphatic carbocycles. The van der Waals surface area contributed by atoms with Crippen LogP contribution in [-0.4, -0.2) is 27.7 Å². The molecule has 0 saturated heterocycles. The van der Waals surface area contributed by atoms with E-state index in [1.54, 1.807) is 0 Å². The van der Waals surface area contributed by atoms with Crippen molar-refractivity contribution >= 4 is 93.3 Å². The molecule has 14 rings (SSSR count). The average molecular weight is 779 g/mol. The number of rotatable bonds is 4. The van der Waals surface area contributed by atoms with Crippen LogP contribution in [0.4, 0.5) is 0 Å². The fourth-order valence-electron chi connectivity index (χ4n) is 10.4. The number of fused-ring (bicyclic) bond motifs is 15. The summed E-state index contributed by atoms with van der Waals surface area (Å²) >= 11 is 0. The van der Waals surface area contributed by atoms with E-state index in [1.165, 1.54) is 43.4 Å². The van der Waals surface area contributed by atoms with E-state index < -0.39 is 0 Å². The summed E-state index contributed by atoms with van der Waals surface area (Å²) in [6, 6.07) is 74.6.